The van der Waals surface area contributed by atoms with E-state index in [1.165, 1.54) is 0 Å². The molecule has 0 radical (unpaired) electrons. The molecule has 1 amide bonds. The molecule has 6 heteroatoms. The van der Waals surface area contributed by atoms with Crippen LogP contribution in [0.4, 0.5) is 0 Å². The first-order valence-corrected chi connectivity index (χ1v) is 7.80. The van der Waals surface area contributed by atoms with Gasteiger partial charge in [0.2, 0.25) is 11.7 Å². The van der Waals surface area contributed by atoms with E-state index in [0.717, 1.165) is 16.9 Å². The maximum Gasteiger partial charge on any atom is 0.224 e. The lowest BCUT2D eigenvalue weighted by atomic mass is 10.1. The van der Waals surface area contributed by atoms with Crippen LogP contribution in [0.15, 0.2) is 36.4 Å². The third-order valence-corrected chi connectivity index (χ3v) is 3.79. The van der Waals surface area contributed by atoms with Gasteiger partial charge < -0.3 is 24.3 Å². The lowest BCUT2D eigenvalue weighted by Gasteiger charge is -2.16. The number of rotatable bonds is 8. The third-order valence-electron chi connectivity index (χ3n) is 3.79. The molecule has 0 atom stereocenters. The second-order valence-electron chi connectivity index (χ2n) is 5.30. The lowest BCUT2D eigenvalue weighted by molar-refractivity contribution is -0.120. The Balaban J connectivity index is 2.03. The molecule has 134 valence electrons. The minimum Gasteiger partial charge on any atom is -0.497 e. The van der Waals surface area contributed by atoms with Crippen LogP contribution in [0.5, 0.6) is 23.0 Å². The summed E-state index contributed by atoms with van der Waals surface area (Å²) in [5.74, 6) is 2.31. The van der Waals surface area contributed by atoms with E-state index in [9.17, 15) is 4.79 Å². The second kappa shape index (κ2) is 8.82. The second-order valence-corrected chi connectivity index (χ2v) is 5.30. The van der Waals surface area contributed by atoms with Gasteiger partial charge in [-0.25, -0.2) is 0 Å². The molecule has 0 saturated carbocycles. The fourth-order valence-electron chi connectivity index (χ4n) is 2.49. The molecular formula is C19H23NO5. The highest BCUT2D eigenvalue weighted by Gasteiger charge is 2.16. The average Bonchev–Trinajstić information content (AvgIpc) is 2.65. The van der Waals surface area contributed by atoms with Gasteiger partial charge in [0.25, 0.3) is 0 Å². The van der Waals surface area contributed by atoms with Gasteiger partial charge >= 0.3 is 0 Å². The number of hydrogen-bond donors (Lipinski definition) is 1. The number of methoxy groups -OCH3 is 4. The largest absolute Gasteiger partial charge is 0.497 e. The molecule has 2 aromatic carbocycles. The van der Waals surface area contributed by atoms with Crippen LogP contribution in [0.3, 0.4) is 0 Å². The molecule has 0 aromatic heterocycles. The van der Waals surface area contributed by atoms with Crippen LogP contribution in [0.25, 0.3) is 0 Å². The van der Waals surface area contributed by atoms with Crippen LogP contribution >= 0.6 is 0 Å². The number of amides is 1. The molecule has 0 bridgehead atoms. The van der Waals surface area contributed by atoms with E-state index in [1.54, 1.807) is 34.5 Å². The van der Waals surface area contributed by atoms with Crippen molar-refractivity contribution in [3.63, 3.8) is 0 Å². The van der Waals surface area contributed by atoms with E-state index in [-0.39, 0.29) is 5.91 Å². The maximum absolute atomic E-state index is 12.2. The Morgan fingerprint density at radius 1 is 0.840 bits per heavy atom. The summed E-state index contributed by atoms with van der Waals surface area (Å²) in [6, 6.07) is 11.0. The van der Waals surface area contributed by atoms with Gasteiger partial charge in [-0.15, -0.1) is 0 Å². The number of nitrogens with one attached hydrogen (secondary N) is 1. The lowest BCUT2D eigenvalue weighted by Crippen LogP contribution is -2.24. The van der Waals surface area contributed by atoms with Crippen molar-refractivity contribution >= 4 is 5.91 Å². The Bertz CT molecular complexity index is 712. The van der Waals surface area contributed by atoms with Crippen molar-refractivity contribution in [2.45, 2.75) is 13.0 Å². The molecule has 0 saturated heterocycles. The zero-order valence-electron chi connectivity index (χ0n) is 14.9. The van der Waals surface area contributed by atoms with Gasteiger partial charge in [0.15, 0.2) is 11.5 Å². The van der Waals surface area contributed by atoms with Crippen molar-refractivity contribution in [1.82, 2.24) is 5.32 Å². The van der Waals surface area contributed by atoms with Gasteiger partial charge in [-0.1, -0.05) is 12.1 Å². The fourth-order valence-corrected chi connectivity index (χ4v) is 2.49. The Kier molecular flexibility index (Phi) is 6.51. The highest BCUT2D eigenvalue weighted by atomic mass is 16.5. The van der Waals surface area contributed by atoms with Crippen LogP contribution in [0, 0.1) is 0 Å². The standard InChI is InChI=1S/C19H23NO5/c1-22-15-8-5-13(6-9-15)11-17(21)20-12-14-7-10-16(23-2)19(25-4)18(14)24-3/h5-10H,11-12H2,1-4H3,(H,20,21). The van der Waals surface area contributed by atoms with Gasteiger partial charge in [-0.3, -0.25) is 4.79 Å². The SMILES string of the molecule is COc1ccc(CC(=O)NCc2ccc(OC)c(OC)c2OC)cc1. The Hall–Kier alpha value is -2.89. The molecular weight excluding hydrogens is 322 g/mol. The average molecular weight is 345 g/mol. The maximum atomic E-state index is 12.2. The first kappa shape index (κ1) is 18.4. The molecule has 0 fully saturated rings. The normalized spacial score (nSPS) is 10.1. The van der Waals surface area contributed by atoms with E-state index < -0.39 is 0 Å². The molecule has 0 aliphatic carbocycles. The van der Waals surface area contributed by atoms with E-state index in [2.05, 4.69) is 5.32 Å². The predicted molar refractivity (Wildman–Crippen MR) is 94.6 cm³/mol. The quantitative estimate of drug-likeness (QED) is 0.797. The zero-order chi connectivity index (χ0) is 18.2. The molecule has 0 aliphatic heterocycles. The Morgan fingerprint density at radius 3 is 2.08 bits per heavy atom. The molecule has 0 heterocycles. The smallest absolute Gasteiger partial charge is 0.224 e. The molecule has 2 rings (SSSR count). The number of benzene rings is 2. The fraction of sp³-hybridized carbons (Fsp3) is 0.316. The number of ether oxygens (including phenoxy) is 4. The first-order valence-electron chi connectivity index (χ1n) is 7.80. The van der Waals surface area contributed by atoms with Crippen molar-refractivity contribution in [3.8, 4) is 23.0 Å². The minimum absolute atomic E-state index is 0.0815. The predicted octanol–water partition coefficient (Wildman–Crippen LogP) is 2.58. The summed E-state index contributed by atoms with van der Waals surface area (Å²) in [4.78, 5) is 12.2. The topological polar surface area (TPSA) is 66.0 Å². The van der Waals surface area contributed by atoms with Gasteiger partial charge in [0.1, 0.15) is 5.75 Å². The van der Waals surface area contributed by atoms with Crippen LogP contribution < -0.4 is 24.3 Å². The summed E-state index contributed by atoms with van der Waals surface area (Å²) >= 11 is 0. The van der Waals surface area contributed by atoms with Gasteiger partial charge in [0.05, 0.1) is 34.9 Å². The molecule has 0 spiro atoms. The first-order chi connectivity index (χ1) is 12.1. The minimum atomic E-state index is -0.0815. The summed E-state index contributed by atoms with van der Waals surface area (Å²) in [6.07, 6.45) is 0.291. The molecule has 6 nitrogen and oxygen atoms in total. The molecule has 25 heavy (non-hydrogen) atoms. The van der Waals surface area contributed by atoms with E-state index in [4.69, 9.17) is 18.9 Å². The number of hydrogen-bond acceptors (Lipinski definition) is 5. The van der Waals surface area contributed by atoms with Crippen LogP contribution in [-0.2, 0) is 17.8 Å². The van der Waals surface area contributed by atoms with E-state index in [0.29, 0.717) is 30.2 Å². The van der Waals surface area contributed by atoms with Gasteiger partial charge in [0, 0.05) is 12.1 Å². The number of carbonyl (C=O) groups excluding carboxylic acids is 1. The Labute approximate surface area is 147 Å². The van der Waals surface area contributed by atoms with Gasteiger partial charge in [-0.05, 0) is 29.8 Å². The molecule has 0 unspecified atom stereocenters. The number of carbonyl (C=O) groups is 1. The van der Waals surface area contributed by atoms with Crippen LogP contribution in [0.1, 0.15) is 11.1 Å². The van der Waals surface area contributed by atoms with E-state index in [1.807, 2.05) is 30.3 Å². The summed E-state index contributed by atoms with van der Waals surface area (Å²) < 4.78 is 21.1. The highest BCUT2D eigenvalue weighted by molar-refractivity contribution is 5.78. The summed E-state index contributed by atoms with van der Waals surface area (Å²) in [7, 11) is 6.28. The third kappa shape index (κ3) is 4.56. The van der Waals surface area contributed by atoms with E-state index >= 15 is 0 Å². The summed E-state index contributed by atoms with van der Waals surface area (Å²) in [5, 5.41) is 2.89. The van der Waals surface area contributed by atoms with Crippen molar-refractivity contribution in [3.05, 3.63) is 47.5 Å². The van der Waals surface area contributed by atoms with Crippen molar-refractivity contribution < 1.29 is 23.7 Å². The molecule has 0 aliphatic rings. The molecule has 2 aromatic rings. The Morgan fingerprint density at radius 2 is 1.52 bits per heavy atom. The monoisotopic (exact) mass is 345 g/mol. The van der Waals surface area contributed by atoms with Crippen LogP contribution in [-0.4, -0.2) is 34.3 Å². The van der Waals surface area contributed by atoms with Crippen molar-refractivity contribution in [2.75, 3.05) is 28.4 Å². The van der Waals surface area contributed by atoms with Crippen molar-refractivity contribution in [1.29, 1.82) is 0 Å². The van der Waals surface area contributed by atoms with Gasteiger partial charge in [-0.2, -0.15) is 0 Å². The highest BCUT2D eigenvalue weighted by Crippen LogP contribution is 2.39. The zero-order valence-corrected chi connectivity index (χ0v) is 14.9. The van der Waals surface area contributed by atoms with Crippen molar-refractivity contribution in [2.24, 2.45) is 0 Å². The van der Waals surface area contributed by atoms with Crippen LogP contribution in [0.2, 0.25) is 0 Å². The summed E-state index contributed by atoms with van der Waals surface area (Å²) in [5.41, 5.74) is 1.72. The molecule has 1 N–H and O–H groups in total. The summed E-state index contributed by atoms with van der Waals surface area (Å²) in [6.45, 7) is 0.332.